The molecule has 3 rings (SSSR count). The fourth-order valence-electron chi connectivity index (χ4n) is 3.93. The van der Waals surface area contributed by atoms with E-state index in [-0.39, 0.29) is 12.1 Å². The number of cyclic esters (lactones) is 1. The van der Waals surface area contributed by atoms with Gasteiger partial charge in [0, 0.05) is 25.3 Å². The highest BCUT2D eigenvalue weighted by atomic mass is 35.5. The summed E-state index contributed by atoms with van der Waals surface area (Å²) >= 11 is 6.05. The maximum atomic E-state index is 12.8. The number of benzene rings is 1. The number of carbonyl (C=O) groups excluding carboxylic acids is 1. The van der Waals surface area contributed by atoms with Crippen LogP contribution in [0.4, 0.5) is 0 Å². The Kier molecular flexibility index (Phi) is 6.75. The molecule has 0 unspecified atom stereocenters. The van der Waals surface area contributed by atoms with Crippen LogP contribution in [0.25, 0.3) is 0 Å². The van der Waals surface area contributed by atoms with Gasteiger partial charge < -0.3 is 14.2 Å². The Hall–Kier alpha value is -1.78. The zero-order valence-electron chi connectivity index (χ0n) is 18.0. The molecule has 2 aliphatic heterocycles. The van der Waals surface area contributed by atoms with Crippen LogP contribution in [0.2, 0.25) is 5.02 Å². The minimum absolute atomic E-state index is 0.0159. The Bertz CT molecular complexity index is 803. The van der Waals surface area contributed by atoms with Crippen molar-refractivity contribution in [1.82, 2.24) is 0 Å². The van der Waals surface area contributed by atoms with Crippen LogP contribution in [0, 0.1) is 5.92 Å². The van der Waals surface area contributed by atoms with Gasteiger partial charge in [0.05, 0.1) is 6.10 Å². The lowest BCUT2D eigenvalue weighted by Crippen LogP contribution is -2.42. The first-order chi connectivity index (χ1) is 13.6. The second kappa shape index (κ2) is 8.93. The van der Waals surface area contributed by atoms with Crippen LogP contribution in [-0.4, -0.2) is 17.9 Å². The summed E-state index contributed by atoms with van der Waals surface area (Å²) in [6, 6.07) is 7.41. The van der Waals surface area contributed by atoms with Crippen LogP contribution in [-0.2, 0) is 19.0 Å². The highest BCUT2D eigenvalue weighted by Crippen LogP contribution is 2.43. The van der Waals surface area contributed by atoms with Crippen molar-refractivity contribution in [2.75, 3.05) is 0 Å². The number of hydrogen-bond acceptors (Lipinski definition) is 4. The van der Waals surface area contributed by atoms with Crippen molar-refractivity contribution >= 4 is 17.6 Å². The summed E-state index contributed by atoms with van der Waals surface area (Å²) in [5.41, 5.74) is 2.70. The third-order valence-corrected chi connectivity index (χ3v) is 5.53. The molecule has 0 aromatic heterocycles. The van der Waals surface area contributed by atoms with Gasteiger partial charge in [0.15, 0.2) is 0 Å². The largest absolute Gasteiger partial charge is 0.456 e. The second-order valence-electron chi connectivity index (χ2n) is 8.82. The molecule has 4 nitrogen and oxygen atoms in total. The predicted octanol–water partition coefficient (Wildman–Crippen LogP) is 6.51. The van der Waals surface area contributed by atoms with E-state index in [0.29, 0.717) is 28.7 Å². The van der Waals surface area contributed by atoms with Gasteiger partial charge in [-0.3, -0.25) is 0 Å². The van der Waals surface area contributed by atoms with E-state index in [2.05, 4.69) is 26.8 Å². The van der Waals surface area contributed by atoms with Gasteiger partial charge in [-0.1, -0.05) is 42.3 Å². The minimum Gasteiger partial charge on any atom is -0.456 e. The van der Waals surface area contributed by atoms with Gasteiger partial charge in [-0.05, 0) is 56.7 Å². The van der Waals surface area contributed by atoms with E-state index in [1.807, 2.05) is 24.3 Å². The lowest BCUT2D eigenvalue weighted by molar-refractivity contribution is -0.217. The number of carbonyl (C=O) groups is 1. The smallest absolute Gasteiger partial charge is 0.343 e. The molecule has 2 heterocycles. The van der Waals surface area contributed by atoms with Gasteiger partial charge in [-0.2, -0.15) is 0 Å². The van der Waals surface area contributed by atoms with Crippen molar-refractivity contribution in [3.8, 4) is 0 Å². The van der Waals surface area contributed by atoms with E-state index in [1.54, 1.807) is 13.8 Å². The van der Waals surface area contributed by atoms with E-state index in [1.165, 1.54) is 5.57 Å². The SMILES string of the molecule is CC(C)=CCC[C@H](C)C[C@@H]1CC2=C(C(=O)OC(C)(C)O2)[C@H](c2ccc(Cl)cc2)O1. The Morgan fingerprint density at radius 1 is 1.24 bits per heavy atom. The maximum Gasteiger partial charge on any atom is 0.343 e. The molecule has 0 spiro atoms. The van der Waals surface area contributed by atoms with Crippen molar-refractivity contribution in [2.24, 2.45) is 5.92 Å². The maximum absolute atomic E-state index is 12.8. The highest BCUT2D eigenvalue weighted by molar-refractivity contribution is 6.30. The summed E-state index contributed by atoms with van der Waals surface area (Å²) in [6.45, 7) is 10.0. The first kappa shape index (κ1) is 21.9. The van der Waals surface area contributed by atoms with Crippen LogP contribution in [0.5, 0.6) is 0 Å². The fraction of sp³-hybridized carbons (Fsp3) is 0.542. The zero-order chi connectivity index (χ0) is 21.2. The molecular formula is C24H31ClO4. The Morgan fingerprint density at radius 3 is 2.59 bits per heavy atom. The molecule has 0 saturated carbocycles. The number of ether oxygens (including phenoxy) is 3. The van der Waals surface area contributed by atoms with Crippen molar-refractivity contribution in [1.29, 1.82) is 0 Å². The standard InChI is InChI=1S/C24H31ClO4/c1-15(2)7-6-8-16(3)13-19-14-20-21(23(26)29-24(4,5)28-20)22(27-19)17-9-11-18(25)12-10-17/h7,9-12,16,19,22H,6,8,13-14H2,1-5H3/t16-,19+,22-/m0/s1. The van der Waals surface area contributed by atoms with E-state index in [4.69, 9.17) is 25.8 Å². The number of halogens is 1. The summed E-state index contributed by atoms with van der Waals surface area (Å²) < 4.78 is 18.0. The lowest BCUT2D eigenvalue weighted by Gasteiger charge is -2.41. The van der Waals surface area contributed by atoms with Crippen LogP contribution >= 0.6 is 11.6 Å². The fourth-order valence-corrected chi connectivity index (χ4v) is 4.06. The molecule has 2 aliphatic rings. The first-order valence-corrected chi connectivity index (χ1v) is 10.7. The van der Waals surface area contributed by atoms with E-state index < -0.39 is 11.9 Å². The molecule has 5 heteroatoms. The van der Waals surface area contributed by atoms with E-state index in [0.717, 1.165) is 24.8 Å². The van der Waals surface area contributed by atoms with Gasteiger partial charge in [-0.15, -0.1) is 0 Å². The Morgan fingerprint density at radius 2 is 1.93 bits per heavy atom. The molecule has 0 bridgehead atoms. The van der Waals surface area contributed by atoms with Crippen LogP contribution in [0.3, 0.4) is 0 Å². The zero-order valence-corrected chi connectivity index (χ0v) is 18.7. The molecular weight excluding hydrogens is 388 g/mol. The summed E-state index contributed by atoms with van der Waals surface area (Å²) in [5, 5.41) is 0.645. The summed E-state index contributed by atoms with van der Waals surface area (Å²) in [4.78, 5) is 12.8. The molecule has 0 amide bonds. The predicted molar refractivity (Wildman–Crippen MR) is 114 cm³/mol. The molecule has 29 heavy (non-hydrogen) atoms. The van der Waals surface area contributed by atoms with Gasteiger partial charge >= 0.3 is 5.97 Å². The van der Waals surface area contributed by atoms with Crippen molar-refractivity contribution in [3.05, 3.63) is 57.8 Å². The third-order valence-electron chi connectivity index (χ3n) is 5.28. The molecule has 0 N–H and O–H groups in total. The summed E-state index contributed by atoms with van der Waals surface area (Å²) in [5.74, 6) is -0.130. The van der Waals surface area contributed by atoms with Gasteiger partial charge in [-0.25, -0.2) is 4.79 Å². The molecule has 0 fully saturated rings. The number of hydrogen-bond donors (Lipinski definition) is 0. The monoisotopic (exact) mass is 418 g/mol. The van der Waals surface area contributed by atoms with Crippen LogP contribution in [0.1, 0.15) is 72.0 Å². The Balaban J connectivity index is 1.83. The molecule has 0 saturated heterocycles. The molecule has 158 valence electrons. The number of esters is 1. The lowest BCUT2D eigenvalue weighted by atomic mass is 9.90. The van der Waals surface area contributed by atoms with Gasteiger partial charge in [0.25, 0.3) is 0 Å². The van der Waals surface area contributed by atoms with Crippen molar-refractivity contribution in [3.63, 3.8) is 0 Å². The first-order valence-electron chi connectivity index (χ1n) is 10.3. The molecule has 1 aromatic rings. The van der Waals surface area contributed by atoms with Crippen molar-refractivity contribution < 1.29 is 19.0 Å². The molecule has 1 aromatic carbocycles. The molecule has 0 radical (unpaired) electrons. The Labute approximate surface area is 178 Å². The molecule has 0 aliphatic carbocycles. The minimum atomic E-state index is -0.961. The topological polar surface area (TPSA) is 44.8 Å². The quantitative estimate of drug-likeness (QED) is 0.390. The van der Waals surface area contributed by atoms with Gasteiger partial charge in [0.1, 0.15) is 17.4 Å². The van der Waals surface area contributed by atoms with Crippen molar-refractivity contribution in [2.45, 2.75) is 78.3 Å². The third kappa shape index (κ3) is 5.64. The summed E-state index contributed by atoms with van der Waals surface area (Å²) in [6.07, 6.45) is 5.43. The number of allylic oxidation sites excluding steroid dienone is 2. The van der Waals surface area contributed by atoms with E-state index >= 15 is 0 Å². The van der Waals surface area contributed by atoms with E-state index in [9.17, 15) is 4.79 Å². The molecule has 3 atom stereocenters. The average Bonchev–Trinajstić information content (AvgIpc) is 2.60. The van der Waals surface area contributed by atoms with Crippen LogP contribution < -0.4 is 0 Å². The second-order valence-corrected chi connectivity index (χ2v) is 9.26. The highest BCUT2D eigenvalue weighted by Gasteiger charge is 2.44. The average molecular weight is 419 g/mol. The number of rotatable bonds is 6. The van der Waals surface area contributed by atoms with Crippen LogP contribution in [0.15, 0.2) is 47.2 Å². The summed E-state index contributed by atoms with van der Waals surface area (Å²) in [7, 11) is 0. The van der Waals surface area contributed by atoms with Gasteiger partial charge in [0.2, 0.25) is 5.79 Å². The normalized spacial score (nSPS) is 24.3.